The van der Waals surface area contributed by atoms with Crippen molar-refractivity contribution < 1.29 is 0 Å². The zero-order valence-corrected chi connectivity index (χ0v) is 14.3. The molecule has 0 unspecified atom stereocenters. The average molecular weight is 330 g/mol. The van der Waals surface area contributed by atoms with Crippen molar-refractivity contribution in [2.45, 2.75) is 6.92 Å². The number of aryl methyl sites for hydroxylation is 1. The number of hydrogen-bond donors (Lipinski definition) is 0. The second-order valence-electron chi connectivity index (χ2n) is 5.96. The Bertz CT molecular complexity index is 1100. The Morgan fingerprint density at radius 2 is 1.26 bits per heavy atom. The Morgan fingerprint density at radius 1 is 0.565 bits per heavy atom. The molecular formula is C21H14S2. The molecule has 0 fully saturated rings. The van der Waals surface area contributed by atoms with Crippen molar-refractivity contribution in [3.8, 4) is 9.75 Å². The first-order valence-electron chi connectivity index (χ1n) is 7.69. The molecule has 0 N–H and O–H groups in total. The molecule has 0 nitrogen and oxygen atoms in total. The highest BCUT2D eigenvalue weighted by Crippen LogP contribution is 2.39. The number of thiophene rings is 2. The number of fused-ring (bicyclic) bond motifs is 3. The zero-order chi connectivity index (χ0) is 15.4. The van der Waals surface area contributed by atoms with E-state index in [-0.39, 0.29) is 0 Å². The van der Waals surface area contributed by atoms with Gasteiger partial charge in [-0.1, -0.05) is 24.3 Å². The molecule has 0 aliphatic rings. The predicted octanol–water partition coefficient (Wildman–Crippen LogP) is 7.24. The summed E-state index contributed by atoms with van der Waals surface area (Å²) in [5, 5.41) is 6.61. The third-order valence-corrected chi connectivity index (χ3v) is 6.62. The van der Waals surface area contributed by atoms with Gasteiger partial charge in [0.25, 0.3) is 0 Å². The lowest BCUT2D eigenvalue weighted by Gasteiger charge is -2.02. The minimum atomic E-state index is 1.31. The normalized spacial score (nSPS) is 11.7. The van der Waals surface area contributed by atoms with E-state index < -0.39 is 0 Å². The van der Waals surface area contributed by atoms with Crippen molar-refractivity contribution in [3.05, 3.63) is 71.6 Å². The van der Waals surface area contributed by atoms with Gasteiger partial charge in [0.1, 0.15) is 0 Å². The quantitative estimate of drug-likeness (QED) is 0.284. The molecule has 23 heavy (non-hydrogen) atoms. The summed E-state index contributed by atoms with van der Waals surface area (Å²) >= 11 is 3.77. The van der Waals surface area contributed by atoms with Gasteiger partial charge in [0.2, 0.25) is 0 Å². The number of benzene rings is 3. The molecule has 2 heteroatoms. The minimum absolute atomic E-state index is 1.31. The summed E-state index contributed by atoms with van der Waals surface area (Å²) in [5.74, 6) is 0. The van der Waals surface area contributed by atoms with Gasteiger partial charge in [0.05, 0.1) is 0 Å². The van der Waals surface area contributed by atoms with Crippen LogP contribution >= 0.6 is 22.7 Å². The van der Waals surface area contributed by atoms with Crippen molar-refractivity contribution >= 4 is 54.3 Å². The topological polar surface area (TPSA) is 0 Å². The maximum Gasteiger partial charge on any atom is 0.0455 e. The standard InChI is InChI=1S/C21H14S2/c1-13-6-7-19(22-13)21-12-18-10-16-8-14-4-2-3-5-15(14)9-17(16)11-20(18)23-21/h2-12H,1H3. The summed E-state index contributed by atoms with van der Waals surface area (Å²) in [6.07, 6.45) is 0. The molecule has 5 rings (SSSR count). The first-order chi connectivity index (χ1) is 11.3. The maximum atomic E-state index is 2.34. The van der Waals surface area contributed by atoms with Gasteiger partial charge in [-0.2, -0.15) is 0 Å². The molecule has 0 aliphatic heterocycles. The smallest absolute Gasteiger partial charge is 0.0455 e. The van der Waals surface area contributed by atoms with Crippen molar-refractivity contribution in [2.24, 2.45) is 0 Å². The van der Waals surface area contributed by atoms with E-state index in [1.807, 2.05) is 22.7 Å². The van der Waals surface area contributed by atoms with E-state index in [9.17, 15) is 0 Å². The Labute approximate surface area is 142 Å². The molecule has 0 saturated heterocycles. The summed E-state index contributed by atoms with van der Waals surface area (Å²) in [6.45, 7) is 2.17. The molecule has 0 radical (unpaired) electrons. The van der Waals surface area contributed by atoms with Crippen LogP contribution in [0.3, 0.4) is 0 Å². The summed E-state index contributed by atoms with van der Waals surface area (Å²) in [5.41, 5.74) is 0. The molecule has 0 atom stereocenters. The molecule has 3 aromatic carbocycles. The molecule has 0 spiro atoms. The van der Waals surface area contributed by atoms with E-state index in [0.717, 1.165) is 0 Å². The van der Waals surface area contributed by atoms with Crippen LogP contribution in [0.4, 0.5) is 0 Å². The van der Waals surface area contributed by atoms with Crippen LogP contribution in [0.15, 0.2) is 66.7 Å². The van der Waals surface area contributed by atoms with Gasteiger partial charge in [0.15, 0.2) is 0 Å². The monoisotopic (exact) mass is 330 g/mol. The Balaban J connectivity index is 1.78. The van der Waals surface area contributed by atoms with Crippen LogP contribution in [-0.4, -0.2) is 0 Å². The largest absolute Gasteiger partial charge is 0.140 e. The van der Waals surface area contributed by atoms with Gasteiger partial charge in [0, 0.05) is 19.3 Å². The molecular weight excluding hydrogens is 316 g/mol. The Kier molecular flexibility index (Phi) is 2.84. The maximum absolute atomic E-state index is 2.34. The van der Waals surface area contributed by atoms with E-state index in [4.69, 9.17) is 0 Å². The summed E-state index contributed by atoms with van der Waals surface area (Å²) in [4.78, 5) is 4.12. The number of rotatable bonds is 1. The summed E-state index contributed by atoms with van der Waals surface area (Å²) in [7, 11) is 0. The van der Waals surface area contributed by atoms with Crippen molar-refractivity contribution in [1.82, 2.24) is 0 Å². The van der Waals surface area contributed by atoms with E-state index in [1.54, 1.807) is 0 Å². The fourth-order valence-electron chi connectivity index (χ4n) is 3.17. The van der Waals surface area contributed by atoms with Gasteiger partial charge < -0.3 is 0 Å². The van der Waals surface area contributed by atoms with Crippen LogP contribution in [0.2, 0.25) is 0 Å². The molecule has 2 aromatic heterocycles. The first-order valence-corrected chi connectivity index (χ1v) is 9.32. The van der Waals surface area contributed by atoms with Crippen LogP contribution in [0.25, 0.3) is 41.4 Å². The number of hydrogen-bond acceptors (Lipinski definition) is 2. The van der Waals surface area contributed by atoms with E-state index in [1.165, 1.54) is 46.3 Å². The molecule has 0 aliphatic carbocycles. The zero-order valence-electron chi connectivity index (χ0n) is 12.7. The van der Waals surface area contributed by atoms with Crippen molar-refractivity contribution in [3.63, 3.8) is 0 Å². The van der Waals surface area contributed by atoms with E-state index in [0.29, 0.717) is 0 Å². The van der Waals surface area contributed by atoms with Gasteiger partial charge in [-0.05, 0) is 76.3 Å². The van der Waals surface area contributed by atoms with Crippen molar-refractivity contribution in [1.29, 1.82) is 0 Å². The minimum Gasteiger partial charge on any atom is -0.140 e. The van der Waals surface area contributed by atoms with E-state index in [2.05, 4.69) is 73.7 Å². The molecule has 0 bridgehead atoms. The predicted molar refractivity (Wildman–Crippen MR) is 105 cm³/mol. The Hall–Kier alpha value is -2.16. The van der Waals surface area contributed by atoms with Gasteiger partial charge >= 0.3 is 0 Å². The highest BCUT2D eigenvalue weighted by molar-refractivity contribution is 7.26. The molecule has 110 valence electrons. The summed E-state index contributed by atoms with van der Waals surface area (Å²) < 4.78 is 1.37. The van der Waals surface area contributed by atoms with Gasteiger partial charge in [-0.3, -0.25) is 0 Å². The first kappa shape index (κ1) is 13.3. The summed E-state index contributed by atoms with van der Waals surface area (Å²) in [6, 6.07) is 24.6. The molecule has 2 heterocycles. The van der Waals surface area contributed by atoms with Crippen LogP contribution in [0.1, 0.15) is 4.88 Å². The fourth-order valence-corrected chi connectivity index (χ4v) is 5.21. The molecule has 0 saturated carbocycles. The fraction of sp³-hybridized carbons (Fsp3) is 0.0476. The highest BCUT2D eigenvalue weighted by atomic mass is 32.1. The molecule has 5 aromatic rings. The van der Waals surface area contributed by atoms with Crippen LogP contribution < -0.4 is 0 Å². The third-order valence-electron chi connectivity index (χ3n) is 4.32. The van der Waals surface area contributed by atoms with Crippen molar-refractivity contribution in [2.75, 3.05) is 0 Å². The second kappa shape index (κ2) is 4.92. The Morgan fingerprint density at radius 3 is 1.96 bits per heavy atom. The second-order valence-corrected chi connectivity index (χ2v) is 8.33. The lowest BCUT2D eigenvalue weighted by atomic mass is 10.0. The lowest BCUT2D eigenvalue weighted by molar-refractivity contribution is 1.64. The highest BCUT2D eigenvalue weighted by Gasteiger charge is 2.08. The van der Waals surface area contributed by atoms with Gasteiger partial charge in [-0.25, -0.2) is 0 Å². The van der Waals surface area contributed by atoms with Crippen LogP contribution in [0.5, 0.6) is 0 Å². The SMILES string of the molecule is Cc1ccc(-c2cc3cc4cc5ccccc5cc4cc3s2)s1. The van der Waals surface area contributed by atoms with Crippen LogP contribution in [-0.2, 0) is 0 Å². The lowest BCUT2D eigenvalue weighted by Crippen LogP contribution is -1.75. The van der Waals surface area contributed by atoms with Crippen LogP contribution in [0, 0.1) is 6.92 Å². The van der Waals surface area contributed by atoms with Gasteiger partial charge in [-0.15, -0.1) is 22.7 Å². The average Bonchev–Trinajstić information content (AvgIpc) is 3.16. The van der Waals surface area contributed by atoms with E-state index >= 15 is 0 Å². The third kappa shape index (κ3) is 2.18. The molecule has 0 amide bonds.